The average Bonchev–Trinajstić information content (AvgIpc) is 3.01. The third-order valence-corrected chi connectivity index (χ3v) is 4.75. The zero-order valence-electron chi connectivity index (χ0n) is 15.9. The third kappa shape index (κ3) is 5.39. The molecule has 8 heteroatoms. The molecule has 2 aromatic rings. The number of esters is 1. The Morgan fingerprint density at radius 1 is 1.10 bits per heavy atom. The molecule has 0 radical (unpaired) electrons. The summed E-state index contributed by atoms with van der Waals surface area (Å²) in [6.07, 6.45) is 1.68. The molecule has 2 aromatic carbocycles. The first-order chi connectivity index (χ1) is 14.0. The van der Waals surface area contributed by atoms with Crippen LogP contribution in [0.25, 0.3) is 6.08 Å². The minimum atomic E-state index is -0.437. The number of nitrogens with one attached hydrogen (secondary N) is 1. The molecule has 3 rings (SSSR count). The van der Waals surface area contributed by atoms with Gasteiger partial charge in [0.1, 0.15) is 5.75 Å². The van der Waals surface area contributed by atoms with E-state index in [0.29, 0.717) is 28.6 Å². The Morgan fingerprint density at radius 2 is 1.86 bits per heavy atom. The number of imide groups is 1. The summed E-state index contributed by atoms with van der Waals surface area (Å²) in [5, 5.41) is 1.80. The SMILES string of the molecule is CCOc1cc(C=C2SC(=O)NC2=O)ccc1OC(=O)Cc1ccc(OC)cc1. The van der Waals surface area contributed by atoms with Crippen molar-refractivity contribution in [3.05, 3.63) is 58.5 Å². The third-order valence-electron chi connectivity index (χ3n) is 3.94. The Hall–Kier alpha value is -3.26. The summed E-state index contributed by atoms with van der Waals surface area (Å²) in [6, 6.07) is 12.1. The summed E-state index contributed by atoms with van der Waals surface area (Å²) in [7, 11) is 1.58. The zero-order valence-corrected chi connectivity index (χ0v) is 16.7. The van der Waals surface area contributed by atoms with Crippen molar-refractivity contribution in [2.24, 2.45) is 0 Å². The normalized spacial score (nSPS) is 14.6. The molecule has 0 saturated carbocycles. The van der Waals surface area contributed by atoms with Gasteiger partial charge in [-0.2, -0.15) is 0 Å². The fraction of sp³-hybridized carbons (Fsp3) is 0.190. The number of carbonyl (C=O) groups is 3. The maximum Gasteiger partial charge on any atom is 0.315 e. The summed E-state index contributed by atoms with van der Waals surface area (Å²) >= 11 is 0.833. The van der Waals surface area contributed by atoms with Crippen molar-refractivity contribution in [2.45, 2.75) is 13.3 Å². The predicted octanol–water partition coefficient (Wildman–Crippen LogP) is 3.57. The zero-order chi connectivity index (χ0) is 20.8. The Kier molecular flexibility index (Phi) is 6.56. The standard InChI is InChI=1S/C21H19NO6S/c1-3-27-17-10-14(11-18-20(24)22-21(25)29-18)6-9-16(17)28-19(23)12-13-4-7-15(26-2)8-5-13/h4-11H,3,12H2,1-2H3,(H,22,24,25). The molecule has 7 nitrogen and oxygen atoms in total. The molecule has 1 N–H and O–H groups in total. The Labute approximate surface area is 172 Å². The van der Waals surface area contributed by atoms with Crippen LogP contribution < -0.4 is 19.5 Å². The van der Waals surface area contributed by atoms with Crippen molar-refractivity contribution in [3.63, 3.8) is 0 Å². The monoisotopic (exact) mass is 413 g/mol. The largest absolute Gasteiger partial charge is 0.497 e. The highest BCUT2D eigenvalue weighted by molar-refractivity contribution is 8.18. The first-order valence-corrected chi connectivity index (χ1v) is 9.65. The Balaban J connectivity index is 1.74. The van der Waals surface area contributed by atoms with E-state index >= 15 is 0 Å². The summed E-state index contributed by atoms with van der Waals surface area (Å²) in [5.41, 5.74) is 1.44. The molecule has 1 heterocycles. The first-order valence-electron chi connectivity index (χ1n) is 8.84. The highest BCUT2D eigenvalue weighted by atomic mass is 32.2. The van der Waals surface area contributed by atoms with E-state index in [2.05, 4.69) is 5.32 Å². The lowest BCUT2D eigenvalue weighted by atomic mass is 10.1. The van der Waals surface area contributed by atoms with E-state index in [1.807, 2.05) is 6.92 Å². The van der Waals surface area contributed by atoms with Gasteiger partial charge in [-0.05, 0) is 60.2 Å². The second kappa shape index (κ2) is 9.29. The molecule has 0 unspecified atom stereocenters. The summed E-state index contributed by atoms with van der Waals surface area (Å²) in [6.45, 7) is 2.18. The number of carbonyl (C=O) groups excluding carboxylic acids is 3. The number of benzene rings is 2. The molecule has 2 amide bonds. The lowest BCUT2D eigenvalue weighted by Crippen LogP contribution is -2.17. The van der Waals surface area contributed by atoms with Crippen LogP contribution in [-0.4, -0.2) is 30.8 Å². The van der Waals surface area contributed by atoms with Crippen LogP contribution in [0.4, 0.5) is 4.79 Å². The topological polar surface area (TPSA) is 90.9 Å². The molecule has 0 bridgehead atoms. The van der Waals surface area contributed by atoms with Crippen molar-refractivity contribution < 1.29 is 28.6 Å². The number of hydrogen-bond donors (Lipinski definition) is 1. The molecule has 1 aliphatic heterocycles. The first kappa shape index (κ1) is 20.5. The quantitative estimate of drug-likeness (QED) is 0.422. The number of methoxy groups -OCH3 is 1. The van der Waals surface area contributed by atoms with Crippen LogP contribution >= 0.6 is 11.8 Å². The van der Waals surface area contributed by atoms with Gasteiger partial charge >= 0.3 is 5.97 Å². The van der Waals surface area contributed by atoms with Crippen molar-refractivity contribution in [1.82, 2.24) is 5.32 Å². The van der Waals surface area contributed by atoms with E-state index in [-0.39, 0.29) is 12.2 Å². The van der Waals surface area contributed by atoms with Gasteiger partial charge in [-0.25, -0.2) is 0 Å². The van der Waals surface area contributed by atoms with Gasteiger partial charge in [-0.15, -0.1) is 0 Å². The number of rotatable bonds is 7. The van der Waals surface area contributed by atoms with Crippen molar-refractivity contribution in [2.75, 3.05) is 13.7 Å². The smallest absolute Gasteiger partial charge is 0.315 e. The van der Waals surface area contributed by atoms with Gasteiger partial charge in [0.05, 0.1) is 25.0 Å². The van der Waals surface area contributed by atoms with Crippen LogP contribution in [0.3, 0.4) is 0 Å². The van der Waals surface area contributed by atoms with Crippen molar-refractivity contribution >= 4 is 35.0 Å². The Bertz CT molecular complexity index is 968. The maximum atomic E-state index is 12.3. The van der Waals surface area contributed by atoms with Gasteiger partial charge in [0, 0.05) is 0 Å². The fourth-order valence-electron chi connectivity index (χ4n) is 2.61. The minimum Gasteiger partial charge on any atom is -0.497 e. The fourth-order valence-corrected chi connectivity index (χ4v) is 3.29. The highest BCUT2D eigenvalue weighted by Gasteiger charge is 2.25. The van der Waals surface area contributed by atoms with E-state index in [9.17, 15) is 14.4 Å². The molecule has 0 spiro atoms. The van der Waals surface area contributed by atoms with Gasteiger partial charge in [-0.3, -0.25) is 19.7 Å². The molecule has 0 aromatic heterocycles. The second-order valence-electron chi connectivity index (χ2n) is 5.99. The van der Waals surface area contributed by atoms with Gasteiger partial charge < -0.3 is 14.2 Å². The molecule has 1 fully saturated rings. The van der Waals surface area contributed by atoms with E-state index in [1.165, 1.54) is 0 Å². The predicted molar refractivity (Wildman–Crippen MR) is 109 cm³/mol. The van der Waals surface area contributed by atoms with Crippen LogP contribution in [0.1, 0.15) is 18.1 Å². The number of thioether (sulfide) groups is 1. The number of ether oxygens (including phenoxy) is 3. The highest BCUT2D eigenvalue weighted by Crippen LogP contribution is 2.32. The van der Waals surface area contributed by atoms with E-state index in [0.717, 1.165) is 17.3 Å². The van der Waals surface area contributed by atoms with Crippen LogP contribution in [0.15, 0.2) is 47.4 Å². The van der Waals surface area contributed by atoms with E-state index < -0.39 is 17.1 Å². The van der Waals surface area contributed by atoms with Gasteiger partial charge in [0.2, 0.25) is 0 Å². The van der Waals surface area contributed by atoms with Crippen LogP contribution in [0, 0.1) is 0 Å². The molecular formula is C21H19NO6S. The minimum absolute atomic E-state index is 0.0975. The van der Waals surface area contributed by atoms with Gasteiger partial charge in [0.15, 0.2) is 11.5 Å². The summed E-state index contributed by atoms with van der Waals surface area (Å²) in [4.78, 5) is 35.6. The molecule has 1 saturated heterocycles. The van der Waals surface area contributed by atoms with Crippen molar-refractivity contribution in [3.8, 4) is 17.2 Å². The molecule has 1 aliphatic rings. The molecule has 150 valence electrons. The van der Waals surface area contributed by atoms with Crippen LogP contribution in [0.2, 0.25) is 0 Å². The van der Waals surface area contributed by atoms with Crippen LogP contribution in [0.5, 0.6) is 17.2 Å². The second-order valence-corrected chi connectivity index (χ2v) is 7.01. The van der Waals surface area contributed by atoms with Gasteiger partial charge in [0.25, 0.3) is 11.1 Å². The molecule has 0 atom stereocenters. The van der Waals surface area contributed by atoms with E-state index in [1.54, 1.807) is 55.7 Å². The van der Waals surface area contributed by atoms with Crippen molar-refractivity contribution in [1.29, 1.82) is 0 Å². The van der Waals surface area contributed by atoms with Gasteiger partial charge in [-0.1, -0.05) is 18.2 Å². The average molecular weight is 413 g/mol. The number of amides is 2. The molecule has 0 aliphatic carbocycles. The summed E-state index contributed by atoms with van der Waals surface area (Å²) < 4.78 is 16.1. The molecule has 29 heavy (non-hydrogen) atoms. The van der Waals surface area contributed by atoms with Crippen LogP contribution in [-0.2, 0) is 16.0 Å². The molecular weight excluding hydrogens is 394 g/mol. The maximum absolute atomic E-state index is 12.3. The van der Waals surface area contributed by atoms with E-state index in [4.69, 9.17) is 14.2 Å². The summed E-state index contributed by atoms with van der Waals surface area (Å²) in [5.74, 6) is 0.500. The number of hydrogen-bond acceptors (Lipinski definition) is 7. The lowest BCUT2D eigenvalue weighted by molar-refractivity contribution is -0.133. The Morgan fingerprint density at radius 3 is 2.48 bits per heavy atom. The lowest BCUT2D eigenvalue weighted by Gasteiger charge is -2.12.